The molecule has 1 aliphatic rings. The normalized spacial score (nSPS) is 19.5. The highest BCUT2D eigenvalue weighted by atomic mass is 79.9. The van der Waals surface area contributed by atoms with Crippen molar-refractivity contribution in [3.05, 3.63) is 33.5 Å². The summed E-state index contributed by atoms with van der Waals surface area (Å²) < 4.78 is 20.2. The lowest BCUT2D eigenvalue weighted by Crippen LogP contribution is -2.54. The minimum Gasteiger partial charge on any atom is -0.444 e. The first-order valence-corrected chi connectivity index (χ1v) is 9.02. The van der Waals surface area contributed by atoms with Crippen LogP contribution in [0.3, 0.4) is 0 Å². The number of hydrogen-bond acceptors (Lipinski definition) is 3. The van der Waals surface area contributed by atoms with Gasteiger partial charge < -0.3 is 9.64 Å². The lowest BCUT2D eigenvalue weighted by Gasteiger charge is -2.40. The lowest BCUT2D eigenvalue weighted by atomic mass is 10.1. The molecule has 0 aromatic heterocycles. The minimum atomic E-state index is -0.488. The molecule has 2 rings (SSSR count). The van der Waals surface area contributed by atoms with Crippen LogP contribution in [0, 0.1) is 12.7 Å². The van der Waals surface area contributed by atoms with Gasteiger partial charge in [-0.05, 0) is 57.9 Å². The van der Waals surface area contributed by atoms with Crippen molar-refractivity contribution < 1.29 is 13.9 Å². The van der Waals surface area contributed by atoms with E-state index in [1.54, 1.807) is 17.9 Å². The number of carbonyl (C=O) groups is 1. The van der Waals surface area contributed by atoms with Crippen LogP contribution in [0.2, 0.25) is 0 Å². The Bertz CT molecular complexity index is 616. The first kappa shape index (κ1) is 19.2. The molecule has 6 heteroatoms. The summed E-state index contributed by atoms with van der Waals surface area (Å²) in [6.07, 6.45) is -0.266. The molecule has 0 saturated carbocycles. The first-order valence-electron chi connectivity index (χ1n) is 8.23. The van der Waals surface area contributed by atoms with Gasteiger partial charge in [0.2, 0.25) is 0 Å². The fourth-order valence-corrected chi connectivity index (χ4v) is 3.40. The minimum absolute atomic E-state index is 0.0580. The summed E-state index contributed by atoms with van der Waals surface area (Å²) >= 11 is 3.51. The van der Waals surface area contributed by atoms with Crippen LogP contribution in [0.25, 0.3) is 0 Å². The second-order valence-corrected chi connectivity index (χ2v) is 8.31. The van der Waals surface area contributed by atoms with E-state index >= 15 is 0 Å². The van der Waals surface area contributed by atoms with Crippen molar-refractivity contribution in [2.75, 3.05) is 19.6 Å². The number of rotatable bonds is 2. The Morgan fingerprint density at radius 2 is 2.04 bits per heavy atom. The molecule has 134 valence electrons. The number of benzene rings is 1. The number of halogens is 2. The van der Waals surface area contributed by atoms with Gasteiger partial charge >= 0.3 is 6.09 Å². The van der Waals surface area contributed by atoms with E-state index in [9.17, 15) is 9.18 Å². The number of carbonyl (C=O) groups excluding carboxylic acids is 1. The van der Waals surface area contributed by atoms with Crippen molar-refractivity contribution in [2.24, 2.45) is 0 Å². The Kier molecular flexibility index (Phi) is 5.91. The molecule has 24 heavy (non-hydrogen) atoms. The van der Waals surface area contributed by atoms with E-state index in [1.165, 1.54) is 0 Å². The summed E-state index contributed by atoms with van der Waals surface area (Å²) in [5.41, 5.74) is 1.07. The number of aryl methyl sites for hydroxylation is 1. The summed E-state index contributed by atoms with van der Waals surface area (Å²) in [4.78, 5) is 16.3. The van der Waals surface area contributed by atoms with Gasteiger partial charge in [0, 0.05) is 36.7 Å². The van der Waals surface area contributed by atoms with Crippen molar-refractivity contribution in [3.63, 3.8) is 0 Å². The molecule has 4 nitrogen and oxygen atoms in total. The SMILES string of the molecule is Cc1cc(Br)c(CN2CCN(C(=O)OC(C)(C)C)C(C)C2)cc1F. The van der Waals surface area contributed by atoms with Crippen molar-refractivity contribution in [1.29, 1.82) is 0 Å². The fraction of sp³-hybridized carbons (Fsp3) is 0.611. The zero-order valence-corrected chi connectivity index (χ0v) is 16.6. The van der Waals surface area contributed by atoms with Crippen molar-refractivity contribution in [2.45, 2.75) is 52.8 Å². The van der Waals surface area contributed by atoms with Gasteiger partial charge in [0.05, 0.1) is 0 Å². The standard InChI is InChI=1S/C18H26BrFN2O2/c1-12-8-15(19)14(9-16(12)20)11-21-6-7-22(13(2)10-21)17(23)24-18(3,4)5/h8-9,13H,6-7,10-11H2,1-5H3. The Balaban J connectivity index is 1.98. The average Bonchev–Trinajstić information content (AvgIpc) is 2.42. The maximum absolute atomic E-state index is 13.8. The van der Waals surface area contributed by atoms with Gasteiger partial charge in [0.1, 0.15) is 11.4 Å². The molecule has 1 saturated heterocycles. The predicted octanol–water partition coefficient (Wildman–Crippen LogP) is 4.34. The smallest absolute Gasteiger partial charge is 0.410 e. The Morgan fingerprint density at radius 3 is 2.62 bits per heavy atom. The monoisotopic (exact) mass is 400 g/mol. The molecule has 0 bridgehead atoms. The number of piperazine rings is 1. The topological polar surface area (TPSA) is 32.8 Å². The van der Waals surface area contributed by atoms with Crippen molar-refractivity contribution in [1.82, 2.24) is 9.80 Å². The van der Waals surface area contributed by atoms with Crippen LogP contribution in [-0.4, -0.2) is 47.2 Å². The van der Waals surface area contributed by atoms with Gasteiger partial charge in [-0.15, -0.1) is 0 Å². The van der Waals surface area contributed by atoms with E-state index in [2.05, 4.69) is 20.8 Å². The molecule has 1 heterocycles. The van der Waals surface area contributed by atoms with Crippen LogP contribution in [0.4, 0.5) is 9.18 Å². The Labute approximate surface area is 152 Å². The van der Waals surface area contributed by atoms with Gasteiger partial charge in [-0.25, -0.2) is 9.18 Å². The van der Waals surface area contributed by atoms with Crippen LogP contribution < -0.4 is 0 Å². The van der Waals surface area contributed by atoms with Crippen molar-refractivity contribution >= 4 is 22.0 Å². The molecule has 1 aromatic rings. The van der Waals surface area contributed by atoms with Gasteiger partial charge in [-0.3, -0.25) is 4.90 Å². The second kappa shape index (κ2) is 7.40. The molecule has 0 radical (unpaired) electrons. The van der Waals surface area contributed by atoms with E-state index in [4.69, 9.17) is 4.74 Å². The molecular weight excluding hydrogens is 375 g/mol. The third-order valence-corrected chi connectivity index (χ3v) is 4.80. The Morgan fingerprint density at radius 1 is 1.38 bits per heavy atom. The molecule has 1 unspecified atom stereocenters. The zero-order valence-electron chi connectivity index (χ0n) is 15.0. The summed E-state index contributed by atoms with van der Waals surface area (Å²) in [5.74, 6) is -0.186. The maximum Gasteiger partial charge on any atom is 0.410 e. The number of nitrogens with zero attached hydrogens (tertiary/aromatic N) is 2. The third-order valence-electron chi connectivity index (χ3n) is 4.06. The summed E-state index contributed by atoms with van der Waals surface area (Å²) in [7, 11) is 0. The largest absolute Gasteiger partial charge is 0.444 e. The predicted molar refractivity (Wildman–Crippen MR) is 96.5 cm³/mol. The third kappa shape index (κ3) is 4.93. The summed E-state index contributed by atoms with van der Waals surface area (Å²) in [5, 5.41) is 0. The van der Waals surface area contributed by atoms with Gasteiger partial charge in [-0.1, -0.05) is 15.9 Å². The highest BCUT2D eigenvalue weighted by Crippen LogP contribution is 2.24. The Hall–Kier alpha value is -1.14. The molecule has 1 fully saturated rings. The van der Waals surface area contributed by atoms with E-state index in [0.29, 0.717) is 18.7 Å². The fourth-order valence-electron chi connectivity index (χ4n) is 2.82. The molecule has 1 amide bonds. The van der Waals surface area contributed by atoms with Crippen LogP contribution in [0.5, 0.6) is 0 Å². The molecular formula is C18H26BrFN2O2. The summed E-state index contributed by atoms with van der Waals surface area (Å²) in [6.45, 7) is 12.1. The molecule has 0 aliphatic carbocycles. The molecule has 0 spiro atoms. The lowest BCUT2D eigenvalue weighted by molar-refractivity contribution is 0.000535. The van der Waals surface area contributed by atoms with Crippen LogP contribution in [-0.2, 0) is 11.3 Å². The number of amides is 1. The molecule has 1 aliphatic heterocycles. The molecule has 1 atom stereocenters. The van der Waals surface area contributed by atoms with Crippen LogP contribution >= 0.6 is 15.9 Å². The molecule has 1 aromatic carbocycles. The average molecular weight is 401 g/mol. The highest BCUT2D eigenvalue weighted by molar-refractivity contribution is 9.10. The first-order chi connectivity index (χ1) is 11.1. The number of hydrogen-bond donors (Lipinski definition) is 0. The zero-order chi connectivity index (χ0) is 18.1. The molecule has 0 N–H and O–H groups in total. The van der Waals surface area contributed by atoms with E-state index in [-0.39, 0.29) is 18.0 Å². The summed E-state index contributed by atoms with van der Waals surface area (Å²) in [6, 6.07) is 3.46. The quantitative estimate of drug-likeness (QED) is 0.739. The van der Waals surface area contributed by atoms with E-state index < -0.39 is 5.60 Å². The van der Waals surface area contributed by atoms with Gasteiger partial charge in [-0.2, -0.15) is 0 Å². The number of ether oxygens (including phenoxy) is 1. The van der Waals surface area contributed by atoms with E-state index in [0.717, 1.165) is 23.1 Å². The van der Waals surface area contributed by atoms with Crippen LogP contribution in [0.15, 0.2) is 16.6 Å². The second-order valence-electron chi connectivity index (χ2n) is 7.45. The van der Waals surface area contributed by atoms with Gasteiger partial charge in [0.25, 0.3) is 0 Å². The maximum atomic E-state index is 13.8. The van der Waals surface area contributed by atoms with Crippen molar-refractivity contribution in [3.8, 4) is 0 Å². The van der Waals surface area contributed by atoms with E-state index in [1.807, 2.05) is 33.8 Å². The van der Waals surface area contributed by atoms with Crippen LogP contribution in [0.1, 0.15) is 38.8 Å². The highest BCUT2D eigenvalue weighted by Gasteiger charge is 2.30. The van der Waals surface area contributed by atoms with Gasteiger partial charge in [0.15, 0.2) is 0 Å².